The number of halogens is 3. The van der Waals surface area contributed by atoms with Crippen molar-refractivity contribution in [2.24, 2.45) is 0 Å². The second-order valence-corrected chi connectivity index (χ2v) is 4.10. The van der Waals surface area contributed by atoms with E-state index < -0.39 is 11.3 Å². The molecule has 0 nitrogen and oxygen atoms in total. The van der Waals surface area contributed by atoms with Gasteiger partial charge in [0.15, 0.2) is 0 Å². The van der Waals surface area contributed by atoms with Crippen LogP contribution >= 0.6 is 11.6 Å². The lowest BCUT2D eigenvalue weighted by atomic mass is 9.98. The van der Waals surface area contributed by atoms with Gasteiger partial charge in [-0.2, -0.15) is 0 Å². The number of alkyl halides is 2. The van der Waals surface area contributed by atoms with E-state index in [1.165, 1.54) is 0 Å². The standard InChI is InChI=1S/C10H9ClF2/c1-9(6-10(9,12)13)7-4-2-3-5-8(7)11/h2-5H,6H2,1H3. The molecule has 1 saturated carbocycles. The minimum Gasteiger partial charge on any atom is -0.206 e. The maximum absolute atomic E-state index is 13.0. The third kappa shape index (κ3) is 1.16. The molecule has 1 atom stereocenters. The molecule has 2 rings (SSSR count). The van der Waals surface area contributed by atoms with Gasteiger partial charge < -0.3 is 0 Å². The molecule has 0 heterocycles. The Morgan fingerprint density at radius 3 is 2.31 bits per heavy atom. The highest BCUT2D eigenvalue weighted by Crippen LogP contribution is 2.62. The van der Waals surface area contributed by atoms with Crippen LogP contribution in [0.15, 0.2) is 24.3 Å². The number of hydrogen-bond donors (Lipinski definition) is 0. The summed E-state index contributed by atoms with van der Waals surface area (Å²) in [6.45, 7) is 1.55. The van der Waals surface area contributed by atoms with E-state index in [0.29, 0.717) is 10.6 Å². The number of rotatable bonds is 1. The monoisotopic (exact) mass is 202 g/mol. The van der Waals surface area contributed by atoms with Crippen molar-refractivity contribution in [1.82, 2.24) is 0 Å². The summed E-state index contributed by atoms with van der Waals surface area (Å²) in [6.07, 6.45) is -0.0935. The molecule has 0 saturated heterocycles. The third-order valence-corrected chi connectivity index (χ3v) is 3.06. The zero-order chi connectivity index (χ0) is 9.69. The SMILES string of the molecule is CC1(c2ccccc2Cl)CC1(F)F. The summed E-state index contributed by atoms with van der Waals surface area (Å²) in [7, 11) is 0. The number of hydrogen-bond acceptors (Lipinski definition) is 0. The Morgan fingerprint density at radius 1 is 1.31 bits per heavy atom. The van der Waals surface area contributed by atoms with Gasteiger partial charge >= 0.3 is 0 Å². The van der Waals surface area contributed by atoms with Crippen LogP contribution in [0.1, 0.15) is 18.9 Å². The van der Waals surface area contributed by atoms with Gasteiger partial charge in [-0.25, -0.2) is 8.78 Å². The molecule has 1 unspecified atom stereocenters. The van der Waals surface area contributed by atoms with Crippen LogP contribution in [0, 0.1) is 0 Å². The van der Waals surface area contributed by atoms with Gasteiger partial charge in [0, 0.05) is 11.4 Å². The minimum absolute atomic E-state index is 0.0935. The van der Waals surface area contributed by atoms with Crippen molar-refractivity contribution in [3.8, 4) is 0 Å². The highest BCUT2D eigenvalue weighted by molar-refractivity contribution is 6.31. The Bertz CT molecular complexity index is 349. The highest BCUT2D eigenvalue weighted by Gasteiger charge is 2.69. The lowest BCUT2D eigenvalue weighted by molar-refractivity contribution is 0.0920. The Labute approximate surface area is 80.5 Å². The van der Waals surface area contributed by atoms with Crippen LogP contribution in [-0.4, -0.2) is 5.92 Å². The van der Waals surface area contributed by atoms with Gasteiger partial charge in [0.2, 0.25) is 0 Å². The van der Waals surface area contributed by atoms with Gasteiger partial charge in [-0.05, 0) is 18.6 Å². The highest BCUT2D eigenvalue weighted by atomic mass is 35.5. The molecular weight excluding hydrogens is 194 g/mol. The molecule has 0 bridgehead atoms. The van der Waals surface area contributed by atoms with Crippen LogP contribution in [0.2, 0.25) is 5.02 Å². The minimum atomic E-state index is -2.59. The molecule has 1 fully saturated rings. The summed E-state index contributed by atoms with van der Waals surface area (Å²) in [6, 6.07) is 6.80. The Morgan fingerprint density at radius 2 is 1.85 bits per heavy atom. The molecule has 70 valence electrons. The molecule has 1 aromatic carbocycles. The van der Waals surface area contributed by atoms with Gasteiger partial charge in [0.25, 0.3) is 5.92 Å². The Kier molecular flexibility index (Phi) is 1.68. The average molecular weight is 203 g/mol. The molecule has 0 N–H and O–H groups in total. The first-order chi connectivity index (χ1) is 5.97. The molecular formula is C10H9ClF2. The normalized spacial score (nSPS) is 30.2. The van der Waals surface area contributed by atoms with Crippen molar-refractivity contribution in [2.75, 3.05) is 0 Å². The van der Waals surface area contributed by atoms with Gasteiger partial charge in [-0.15, -0.1) is 0 Å². The Balaban J connectivity index is 2.44. The molecule has 0 amide bonds. The smallest absolute Gasteiger partial charge is 0.206 e. The summed E-state index contributed by atoms with van der Waals surface area (Å²) in [5.41, 5.74) is -0.479. The van der Waals surface area contributed by atoms with E-state index in [1.807, 2.05) is 0 Å². The molecule has 0 spiro atoms. The molecule has 0 radical (unpaired) electrons. The van der Waals surface area contributed by atoms with Crippen LogP contribution < -0.4 is 0 Å². The van der Waals surface area contributed by atoms with E-state index in [2.05, 4.69) is 0 Å². The predicted molar refractivity (Wildman–Crippen MR) is 48.4 cm³/mol. The van der Waals surface area contributed by atoms with Gasteiger partial charge in [-0.3, -0.25) is 0 Å². The summed E-state index contributed by atoms with van der Waals surface area (Å²) in [5.74, 6) is -2.59. The van der Waals surface area contributed by atoms with Crippen molar-refractivity contribution in [1.29, 1.82) is 0 Å². The molecule has 0 aliphatic heterocycles. The maximum atomic E-state index is 13.0. The van der Waals surface area contributed by atoms with Crippen molar-refractivity contribution in [2.45, 2.75) is 24.7 Å². The van der Waals surface area contributed by atoms with E-state index >= 15 is 0 Å². The zero-order valence-electron chi connectivity index (χ0n) is 7.15. The second kappa shape index (κ2) is 2.44. The van der Waals surface area contributed by atoms with Crippen LogP contribution in [0.5, 0.6) is 0 Å². The fourth-order valence-electron chi connectivity index (χ4n) is 1.60. The fourth-order valence-corrected chi connectivity index (χ4v) is 1.95. The van der Waals surface area contributed by atoms with E-state index in [4.69, 9.17) is 11.6 Å². The predicted octanol–water partition coefficient (Wildman–Crippen LogP) is 3.64. The van der Waals surface area contributed by atoms with E-state index in [0.717, 1.165) is 0 Å². The van der Waals surface area contributed by atoms with Crippen molar-refractivity contribution in [3.05, 3.63) is 34.9 Å². The molecule has 0 aromatic heterocycles. The molecule has 1 aliphatic rings. The van der Waals surface area contributed by atoms with E-state index in [-0.39, 0.29) is 6.42 Å². The number of benzene rings is 1. The van der Waals surface area contributed by atoms with Crippen LogP contribution in [0.3, 0.4) is 0 Å². The van der Waals surface area contributed by atoms with Gasteiger partial charge in [0.1, 0.15) is 0 Å². The van der Waals surface area contributed by atoms with E-state index in [1.54, 1.807) is 31.2 Å². The summed E-state index contributed by atoms with van der Waals surface area (Å²) in [5, 5.41) is 0.433. The van der Waals surface area contributed by atoms with Gasteiger partial charge in [-0.1, -0.05) is 29.8 Å². The summed E-state index contributed by atoms with van der Waals surface area (Å²) >= 11 is 5.84. The van der Waals surface area contributed by atoms with Crippen LogP contribution in [0.4, 0.5) is 8.78 Å². The zero-order valence-corrected chi connectivity index (χ0v) is 7.91. The topological polar surface area (TPSA) is 0 Å². The second-order valence-electron chi connectivity index (χ2n) is 3.69. The first kappa shape index (κ1) is 8.95. The molecule has 13 heavy (non-hydrogen) atoms. The van der Waals surface area contributed by atoms with Crippen LogP contribution in [-0.2, 0) is 5.41 Å². The molecule has 3 heteroatoms. The first-order valence-electron chi connectivity index (χ1n) is 4.10. The maximum Gasteiger partial charge on any atom is 0.258 e. The Hall–Kier alpha value is -0.630. The quantitative estimate of drug-likeness (QED) is 0.652. The van der Waals surface area contributed by atoms with Crippen molar-refractivity contribution >= 4 is 11.6 Å². The van der Waals surface area contributed by atoms with Gasteiger partial charge in [0.05, 0.1) is 5.41 Å². The lowest BCUT2D eigenvalue weighted by Crippen LogP contribution is -2.11. The molecule has 1 aliphatic carbocycles. The summed E-state index contributed by atoms with van der Waals surface area (Å²) < 4.78 is 26.0. The molecule has 1 aromatic rings. The summed E-state index contributed by atoms with van der Waals surface area (Å²) in [4.78, 5) is 0. The van der Waals surface area contributed by atoms with Crippen molar-refractivity contribution < 1.29 is 8.78 Å². The average Bonchev–Trinajstić information content (AvgIpc) is 2.53. The van der Waals surface area contributed by atoms with E-state index in [9.17, 15) is 8.78 Å². The van der Waals surface area contributed by atoms with Crippen LogP contribution in [0.25, 0.3) is 0 Å². The third-order valence-electron chi connectivity index (χ3n) is 2.73. The first-order valence-corrected chi connectivity index (χ1v) is 4.48. The lowest BCUT2D eigenvalue weighted by Gasteiger charge is -2.11. The van der Waals surface area contributed by atoms with Crippen molar-refractivity contribution in [3.63, 3.8) is 0 Å². The largest absolute Gasteiger partial charge is 0.258 e. The fraction of sp³-hybridized carbons (Fsp3) is 0.400.